The van der Waals surface area contributed by atoms with Crippen LogP contribution in [0.15, 0.2) is 54.6 Å². The van der Waals surface area contributed by atoms with Crippen molar-refractivity contribution in [1.82, 2.24) is 9.80 Å². The number of carbonyl (C=O) groups is 1. The molecule has 1 aliphatic rings. The Balaban J connectivity index is 1.38. The van der Waals surface area contributed by atoms with E-state index in [1.54, 1.807) is 0 Å². The molecule has 2 unspecified atom stereocenters. The van der Waals surface area contributed by atoms with Crippen molar-refractivity contribution in [2.24, 2.45) is 0 Å². The number of benzene rings is 2. The zero-order valence-corrected chi connectivity index (χ0v) is 21.9. The fraction of sp³-hybridized carbons (Fsp3) is 0.519. The number of piperazine rings is 1. The summed E-state index contributed by atoms with van der Waals surface area (Å²) in [6, 6.07) is 18.5. The minimum Gasteiger partial charge on any atom is -0.461 e. The summed E-state index contributed by atoms with van der Waals surface area (Å²) in [4.78, 5) is 16.6. The van der Waals surface area contributed by atoms with Gasteiger partial charge in [-0.15, -0.1) is 0 Å². The van der Waals surface area contributed by atoms with Gasteiger partial charge in [0.1, 0.15) is 37.6 Å². The Morgan fingerprint density at radius 3 is 2.11 bits per heavy atom. The highest BCUT2D eigenvalue weighted by Crippen LogP contribution is 2.30. The summed E-state index contributed by atoms with van der Waals surface area (Å²) < 4.78 is 10.3. The summed E-state index contributed by atoms with van der Waals surface area (Å²) >= 11 is 6.11. The number of aliphatic hydroxyl groups is 5. The van der Waals surface area contributed by atoms with E-state index in [0.717, 1.165) is 26.2 Å². The molecule has 0 saturated carbocycles. The number of rotatable bonds is 14. The number of esters is 1. The van der Waals surface area contributed by atoms with Gasteiger partial charge in [-0.3, -0.25) is 9.80 Å². The van der Waals surface area contributed by atoms with E-state index in [9.17, 15) is 25.2 Å². The van der Waals surface area contributed by atoms with Crippen molar-refractivity contribution in [3.8, 4) is 0 Å². The van der Waals surface area contributed by atoms with Crippen LogP contribution in [0.4, 0.5) is 0 Å². The van der Waals surface area contributed by atoms with Gasteiger partial charge in [-0.1, -0.05) is 54.1 Å². The first-order valence-electron chi connectivity index (χ1n) is 12.6. The van der Waals surface area contributed by atoms with E-state index in [4.69, 9.17) is 26.2 Å². The van der Waals surface area contributed by atoms with Crippen LogP contribution in [0.3, 0.4) is 0 Å². The van der Waals surface area contributed by atoms with Gasteiger partial charge < -0.3 is 35.0 Å². The molecule has 0 radical (unpaired) electrons. The zero-order chi connectivity index (χ0) is 27.5. The summed E-state index contributed by atoms with van der Waals surface area (Å²) in [5.74, 6) is -0.730. The number of hydrogen-bond acceptors (Lipinski definition) is 10. The maximum absolute atomic E-state index is 11.9. The van der Waals surface area contributed by atoms with E-state index in [2.05, 4.69) is 34.1 Å². The fourth-order valence-electron chi connectivity index (χ4n) is 4.37. The molecule has 3 rings (SSSR count). The van der Waals surface area contributed by atoms with Crippen LogP contribution in [-0.2, 0) is 14.3 Å². The average Bonchev–Trinajstić information content (AvgIpc) is 2.95. The zero-order valence-electron chi connectivity index (χ0n) is 21.2. The second-order valence-corrected chi connectivity index (χ2v) is 9.71. The van der Waals surface area contributed by atoms with Gasteiger partial charge >= 0.3 is 5.97 Å². The van der Waals surface area contributed by atoms with Gasteiger partial charge in [0.15, 0.2) is 0 Å². The monoisotopic (exact) mass is 552 g/mol. The van der Waals surface area contributed by atoms with E-state index in [1.807, 2.05) is 30.3 Å². The fourth-order valence-corrected chi connectivity index (χ4v) is 4.50. The number of nitrogens with zero attached hydrogens (tertiary/aromatic N) is 2. The molecule has 1 aliphatic heterocycles. The van der Waals surface area contributed by atoms with Gasteiger partial charge in [-0.2, -0.15) is 0 Å². The lowest BCUT2D eigenvalue weighted by molar-refractivity contribution is -0.160. The highest BCUT2D eigenvalue weighted by Gasteiger charge is 2.31. The Morgan fingerprint density at radius 1 is 0.868 bits per heavy atom. The Labute approximate surface area is 227 Å². The Morgan fingerprint density at radius 2 is 1.47 bits per heavy atom. The topological polar surface area (TPSA) is 143 Å². The molecule has 1 heterocycles. The molecule has 1 saturated heterocycles. The molecule has 0 amide bonds. The lowest BCUT2D eigenvalue weighted by atomic mass is 9.96. The predicted octanol–water partition coefficient (Wildman–Crippen LogP) is 0.0427. The molecule has 1 fully saturated rings. The van der Waals surface area contributed by atoms with E-state index < -0.39 is 43.6 Å². The van der Waals surface area contributed by atoms with E-state index >= 15 is 0 Å². The van der Waals surface area contributed by atoms with E-state index in [1.165, 1.54) is 11.1 Å². The lowest BCUT2D eigenvalue weighted by Crippen LogP contribution is -2.48. The molecule has 5 atom stereocenters. The third-order valence-corrected chi connectivity index (χ3v) is 6.84. The standard InChI is InChI=1S/C27H37ClN2O8/c28-21-8-6-20(7-9-21)25(19-4-2-1-3-5-19)30-12-10-29(11-13-30)14-15-37-18-24(34)38-17-23(33)27(36)26(35)22(32)16-31/h1-9,22-23,25-27,31-33,35-36H,10-18H2/t22-,23?,25?,26-,27-/m1/s1. The maximum atomic E-state index is 11.9. The van der Waals surface area contributed by atoms with Gasteiger partial charge in [-0.25, -0.2) is 4.79 Å². The molecule has 10 nitrogen and oxygen atoms in total. The van der Waals surface area contributed by atoms with Crippen molar-refractivity contribution in [3.63, 3.8) is 0 Å². The number of carbonyl (C=O) groups excluding carboxylic acids is 1. The minimum absolute atomic E-state index is 0.128. The summed E-state index contributed by atoms with van der Waals surface area (Å²) in [5.41, 5.74) is 2.41. The van der Waals surface area contributed by atoms with Crippen molar-refractivity contribution < 1.29 is 39.8 Å². The SMILES string of the molecule is O=C(COCCN1CCN(C(c2ccccc2)c2ccc(Cl)cc2)CC1)OCC(O)[C@@H](O)[C@H](O)[C@H](O)CO. The first-order chi connectivity index (χ1) is 18.3. The number of hydrogen-bond donors (Lipinski definition) is 5. The van der Waals surface area contributed by atoms with Gasteiger partial charge in [0, 0.05) is 37.7 Å². The maximum Gasteiger partial charge on any atom is 0.332 e. The van der Waals surface area contributed by atoms with Crippen LogP contribution in [0.5, 0.6) is 0 Å². The van der Waals surface area contributed by atoms with E-state index in [-0.39, 0.29) is 12.6 Å². The highest BCUT2D eigenvalue weighted by molar-refractivity contribution is 6.30. The van der Waals surface area contributed by atoms with Crippen molar-refractivity contribution in [2.75, 3.05) is 59.2 Å². The number of ether oxygens (including phenoxy) is 2. The van der Waals surface area contributed by atoms with Crippen molar-refractivity contribution >= 4 is 17.6 Å². The minimum atomic E-state index is -1.79. The third kappa shape index (κ3) is 8.98. The summed E-state index contributed by atoms with van der Waals surface area (Å²) in [7, 11) is 0. The molecule has 0 aromatic heterocycles. The average molecular weight is 553 g/mol. The van der Waals surface area contributed by atoms with Gasteiger partial charge in [0.05, 0.1) is 19.3 Å². The lowest BCUT2D eigenvalue weighted by Gasteiger charge is -2.39. The first kappa shape index (κ1) is 30.4. The van der Waals surface area contributed by atoms with Gasteiger partial charge in [0.25, 0.3) is 0 Å². The van der Waals surface area contributed by atoms with Crippen LogP contribution in [0.2, 0.25) is 5.02 Å². The van der Waals surface area contributed by atoms with Gasteiger partial charge in [0.2, 0.25) is 0 Å². The van der Waals surface area contributed by atoms with Crippen molar-refractivity contribution in [3.05, 3.63) is 70.7 Å². The molecular formula is C27H37ClN2O8. The molecule has 0 spiro atoms. The predicted molar refractivity (Wildman–Crippen MR) is 141 cm³/mol. The third-order valence-electron chi connectivity index (χ3n) is 6.59. The van der Waals surface area contributed by atoms with Crippen LogP contribution in [0, 0.1) is 0 Å². The van der Waals surface area contributed by atoms with Crippen LogP contribution in [0.25, 0.3) is 0 Å². The number of aliphatic hydroxyl groups excluding tert-OH is 5. The summed E-state index contributed by atoms with van der Waals surface area (Å²) in [6.07, 6.45) is -6.81. The van der Waals surface area contributed by atoms with Crippen LogP contribution < -0.4 is 0 Å². The van der Waals surface area contributed by atoms with Crippen LogP contribution >= 0.6 is 11.6 Å². The normalized spacial score (nSPS) is 18.9. The molecule has 2 aromatic rings. The molecule has 210 valence electrons. The molecule has 2 aromatic carbocycles. The Kier molecular flexibility index (Phi) is 12.4. The van der Waals surface area contributed by atoms with Crippen LogP contribution in [0.1, 0.15) is 17.2 Å². The molecule has 38 heavy (non-hydrogen) atoms. The first-order valence-corrected chi connectivity index (χ1v) is 13.0. The Hall–Kier alpha value is -2.12. The molecule has 0 bridgehead atoms. The molecule has 11 heteroatoms. The largest absolute Gasteiger partial charge is 0.461 e. The highest BCUT2D eigenvalue weighted by atomic mass is 35.5. The van der Waals surface area contributed by atoms with Crippen LogP contribution in [-0.4, -0.2) is 125 Å². The van der Waals surface area contributed by atoms with E-state index in [0.29, 0.717) is 18.2 Å². The Bertz CT molecular complexity index is 959. The van der Waals surface area contributed by atoms with Gasteiger partial charge in [-0.05, 0) is 23.3 Å². The van der Waals surface area contributed by atoms with Crippen molar-refractivity contribution in [2.45, 2.75) is 30.5 Å². The second kappa shape index (κ2) is 15.5. The van der Waals surface area contributed by atoms with Crippen molar-refractivity contribution in [1.29, 1.82) is 0 Å². The summed E-state index contributed by atoms with van der Waals surface area (Å²) in [5, 5.41) is 48.0. The second-order valence-electron chi connectivity index (χ2n) is 9.28. The molecule has 5 N–H and O–H groups in total. The quantitative estimate of drug-likeness (QED) is 0.161. The molecular weight excluding hydrogens is 516 g/mol. The smallest absolute Gasteiger partial charge is 0.332 e. The number of halogens is 1. The summed E-state index contributed by atoms with van der Waals surface area (Å²) in [6.45, 7) is 2.68. The molecule has 0 aliphatic carbocycles.